The molecular formula is C11H12N2O2. The van der Waals surface area contributed by atoms with Crippen LogP contribution in [0.4, 0.5) is 0 Å². The minimum Gasteiger partial charge on any atom is -0.493 e. The van der Waals surface area contributed by atoms with Crippen LogP contribution in [0.25, 0.3) is 0 Å². The summed E-state index contributed by atoms with van der Waals surface area (Å²) in [5.74, 6) is 1.26. The molecule has 1 aromatic rings. The van der Waals surface area contributed by atoms with E-state index in [0.29, 0.717) is 23.7 Å². The van der Waals surface area contributed by atoms with Gasteiger partial charge in [-0.2, -0.15) is 5.26 Å². The Morgan fingerprint density at radius 2 is 2.40 bits per heavy atom. The summed E-state index contributed by atoms with van der Waals surface area (Å²) in [6, 6.07) is 5.44. The van der Waals surface area contributed by atoms with Crippen molar-refractivity contribution in [2.24, 2.45) is 5.73 Å². The van der Waals surface area contributed by atoms with Crippen LogP contribution >= 0.6 is 0 Å². The molecule has 0 spiro atoms. The molecule has 1 aromatic carbocycles. The van der Waals surface area contributed by atoms with Gasteiger partial charge in [0.1, 0.15) is 0 Å². The van der Waals surface area contributed by atoms with E-state index in [2.05, 4.69) is 6.07 Å². The zero-order valence-electron chi connectivity index (χ0n) is 8.49. The zero-order chi connectivity index (χ0) is 10.8. The largest absolute Gasteiger partial charge is 0.493 e. The van der Waals surface area contributed by atoms with Gasteiger partial charge in [0.25, 0.3) is 0 Å². The molecule has 78 valence electrons. The summed E-state index contributed by atoms with van der Waals surface area (Å²) in [6.07, 6.45) is 0.769. The minimum absolute atomic E-state index is 0.0732. The number of nitrogens with zero attached hydrogens (tertiary/aromatic N) is 1. The van der Waals surface area contributed by atoms with Crippen LogP contribution in [-0.4, -0.2) is 13.7 Å². The van der Waals surface area contributed by atoms with E-state index < -0.39 is 0 Å². The molecule has 0 bridgehead atoms. The monoisotopic (exact) mass is 204 g/mol. The molecule has 2 rings (SSSR count). The first kappa shape index (κ1) is 9.81. The van der Waals surface area contributed by atoms with Crippen LogP contribution in [0.2, 0.25) is 0 Å². The van der Waals surface area contributed by atoms with Crippen LogP contribution in [0.5, 0.6) is 11.5 Å². The lowest BCUT2D eigenvalue weighted by Gasteiger charge is -2.24. The lowest BCUT2D eigenvalue weighted by atomic mass is 9.99. The molecule has 0 radical (unpaired) electrons. The maximum atomic E-state index is 8.86. The summed E-state index contributed by atoms with van der Waals surface area (Å²) >= 11 is 0. The van der Waals surface area contributed by atoms with Crippen LogP contribution < -0.4 is 15.2 Å². The zero-order valence-corrected chi connectivity index (χ0v) is 8.49. The lowest BCUT2D eigenvalue weighted by Crippen LogP contribution is -2.21. The standard InChI is InChI=1S/C11H12N2O2/c1-14-10-5-7(6-12)4-8-9(13)2-3-15-11(8)10/h4-5,9H,2-3,13H2,1H3/t9-/m1/s1. The van der Waals surface area contributed by atoms with Gasteiger partial charge in [0.05, 0.1) is 25.3 Å². The molecule has 0 saturated carbocycles. The van der Waals surface area contributed by atoms with Gasteiger partial charge in [0.15, 0.2) is 11.5 Å². The first-order valence-corrected chi connectivity index (χ1v) is 4.76. The average Bonchev–Trinajstić information content (AvgIpc) is 2.28. The Bertz CT molecular complexity index is 423. The fraction of sp³-hybridized carbons (Fsp3) is 0.364. The second-order valence-electron chi connectivity index (χ2n) is 3.45. The van der Waals surface area contributed by atoms with Crippen molar-refractivity contribution in [1.82, 2.24) is 0 Å². The molecule has 0 aromatic heterocycles. The number of hydrogen-bond acceptors (Lipinski definition) is 4. The molecule has 4 nitrogen and oxygen atoms in total. The van der Waals surface area contributed by atoms with Crippen molar-refractivity contribution in [3.05, 3.63) is 23.3 Å². The molecular weight excluding hydrogens is 192 g/mol. The first-order valence-electron chi connectivity index (χ1n) is 4.76. The predicted octanol–water partition coefficient (Wildman–Crippen LogP) is 1.35. The molecule has 4 heteroatoms. The van der Waals surface area contributed by atoms with Gasteiger partial charge in [-0.15, -0.1) is 0 Å². The van der Waals surface area contributed by atoms with Gasteiger partial charge < -0.3 is 15.2 Å². The van der Waals surface area contributed by atoms with Crippen LogP contribution in [-0.2, 0) is 0 Å². The van der Waals surface area contributed by atoms with E-state index in [-0.39, 0.29) is 6.04 Å². The van der Waals surface area contributed by atoms with Crippen molar-refractivity contribution in [2.45, 2.75) is 12.5 Å². The highest BCUT2D eigenvalue weighted by molar-refractivity contribution is 5.54. The molecule has 1 atom stereocenters. The second kappa shape index (κ2) is 3.79. The summed E-state index contributed by atoms with van der Waals surface area (Å²) in [7, 11) is 1.56. The van der Waals surface area contributed by atoms with E-state index in [1.165, 1.54) is 0 Å². The SMILES string of the molecule is COc1cc(C#N)cc2c1OCC[C@H]2N. The van der Waals surface area contributed by atoms with Gasteiger partial charge >= 0.3 is 0 Å². The number of methoxy groups -OCH3 is 1. The van der Waals surface area contributed by atoms with Crippen LogP contribution in [0.15, 0.2) is 12.1 Å². The average molecular weight is 204 g/mol. The van der Waals surface area contributed by atoms with Crippen LogP contribution in [0, 0.1) is 11.3 Å². The normalized spacial score (nSPS) is 18.6. The van der Waals surface area contributed by atoms with Crippen molar-refractivity contribution >= 4 is 0 Å². The molecule has 1 aliphatic heterocycles. The van der Waals surface area contributed by atoms with Crippen molar-refractivity contribution in [2.75, 3.05) is 13.7 Å². The third kappa shape index (κ3) is 1.62. The Balaban J connectivity index is 2.58. The second-order valence-corrected chi connectivity index (χ2v) is 3.45. The highest BCUT2D eigenvalue weighted by Gasteiger charge is 2.22. The minimum atomic E-state index is -0.0732. The number of ether oxygens (including phenoxy) is 2. The van der Waals surface area contributed by atoms with E-state index in [4.69, 9.17) is 20.5 Å². The van der Waals surface area contributed by atoms with E-state index in [1.54, 1.807) is 19.2 Å². The molecule has 0 unspecified atom stereocenters. The number of nitrogens with two attached hydrogens (primary N) is 1. The predicted molar refractivity (Wildman–Crippen MR) is 54.7 cm³/mol. The van der Waals surface area contributed by atoms with Gasteiger partial charge in [-0.25, -0.2) is 0 Å². The number of nitriles is 1. The Hall–Kier alpha value is -1.73. The fourth-order valence-electron chi connectivity index (χ4n) is 1.71. The summed E-state index contributed by atoms with van der Waals surface area (Å²) in [5, 5.41) is 8.86. The van der Waals surface area contributed by atoms with Crippen molar-refractivity contribution in [3.8, 4) is 17.6 Å². The Morgan fingerprint density at radius 1 is 1.60 bits per heavy atom. The number of fused-ring (bicyclic) bond motifs is 1. The van der Waals surface area contributed by atoms with Gasteiger partial charge in [-0.3, -0.25) is 0 Å². The molecule has 0 amide bonds. The molecule has 0 aliphatic carbocycles. The molecule has 1 aliphatic rings. The molecule has 2 N–H and O–H groups in total. The van der Waals surface area contributed by atoms with E-state index in [9.17, 15) is 0 Å². The number of benzene rings is 1. The number of hydrogen-bond donors (Lipinski definition) is 1. The van der Waals surface area contributed by atoms with E-state index in [1.807, 2.05) is 0 Å². The lowest BCUT2D eigenvalue weighted by molar-refractivity contribution is 0.253. The highest BCUT2D eigenvalue weighted by atomic mass is 16.5. The maximum absolute atomic E-state index is 8.86. The smallest absolute Gasteiger partial charge is 0.165 e. The molecule has 0 fully saturated rings. The van der Waals surface area contributed by atoms with Crippen molar-refractivity contribution < 1.29 is 9.47 Å². The van der Waals surface area contributed by atoms with Crippen molar-refractivity contribution in [1.29, 1.82) is 5.26 Å². The van der Waals surface area contributed by atoms with Gasteiger partial charge in [0.2, 0.25) is 0 Å². The third-order valence-electron chi connectivity index (χ3n) is 2.51. The Kier molecular flexibility index (Phi) is 2.48. The van der Waals surface area contributed by atoms with E-state index >= 15 is 0 Å². The summed E-state index contributed by atoms with van der Waals surface area (Å²) in [4.78, 5) is 0. The Morgan fingerprint density at radius 3 is 3.07 bits per heavy atom. The van der Waals surface area contributed by atoms with Crippen LogP contribution in [0.1, 0.15) is 23.6 Å². The van der Waals surface area contributed by atoms with Crippen molar-refractivity contribution in [3.63, 3.8) is 0 Å². The van der Waals surface area contributed by atoms with Gasteiger partial charge in [-0.05, 0) is 6.07 Å². The topological polar surface area (TPSA) is 68.3 Å². The van der Waals surface area contributed by atoms with Crippen LogP contribution in [0.3, 0.4) is 0 Å². The molecule has 0 saturated heterocycles. The summed E-state index contributed by atoms with van der Waals surface area (Å²) < 4.78 is 10.7. The quantitative estimate of drug-likeness (QED) is 0.749. The third-order valence-corrected chi connectivity index (χ3v) is 2.51. The Labute approximate surface area is 88.2 Å². The first-order chi connectivity index (χ1) is 7.26. The highest BCUT2D eigenvalue weighted by Crippen LogP contribution is 2.39. The fourth-order valence-corrected chi connectivity index (χ4v) is 1.71. The molecule has 15 heavy (non-hydrogen) atoms. The summed E-state index contributed by atoms with van der Waals surface area (Å²) in [5.41, 5.74) is 7.35. The van der Waals surface area contributed by atoms with Gasteiger partial charge in [0, 0.05) is 24.1 Å². The number of rotatable bonds is 1. The van der Waals surface area contributed by atoms with Gasteiger partial charge in [-0.1, -0.05) is 0 Å². The summed E-state index contributed by atoms with van der Waals surface area (Å²) in [6.45, 7) is 0.594. The maximum Gasteiger partial charge on any atom is 0.165 e. The molecule has 1 heterocycles. The van der Waals surface area contributed by atoms with E-state index in [0.717, 1.165) is 12.0 Å².